The zero-order valence-electron chi connectivity index (χ0n) is 23.6. The molecule has 0 aromatic heterocycles. The second kappa shape index (κ2) is 14.9. The van der Waals surface area contributed by atoms with E-state index in [1.807, 2.05) is 36.4 Å². The SMILES string of the molecule is COc1ccc(CN(CCCOc2cc(CC(N)=O)ccc2OC)CC(c2ccccc2)c2ccccc2)c(F)c1. The van der Waals surface area contributed by atoms with Crippen molar-refractivity contribution in [1.29, 1.82) is 0 Å². The van der Waals surface area contributed by atoms with Crippen molar-refractivity contribution in [1.82, 2.24) is 4.90 Å². The maximum absolute atomic E-state index is 15.0. The van der Waals surface area contributed by atoms with Crippen LogP contribution in [0, 0.1) is 5.82 Å². The summed E-state index contributed by atoms with van der Waals surface area (Å²) in [5.41, 5.74) is 9.13. The molecule has 0 bridgehead atoms. The molecular weight excluding hydrogens is 519 g/mol. The van der Waals surface area contributed by atoms with Gasteiger partial charge in [0.1, 0.15) is 11.6 Å². The number of nitrogens with two attached hydrogens (primary N) is 1. The third kappa shape index (κ3) is 8.56. The van der Waals surface area contributed by atoms with E-state index in [2.05, 4.69) is 29.2 Å². The molecule has 0 aliphatic rings. The lowest BCUT2D eigenvalue weighted by atomic mass is 9.90. The molecule has 0 radical (unpaired) electrons. The number of carbonyl (C=O) groups is 1. The van der Waals surface area contributed by atoms with Gasteiger partial charge in [-0.05, 0) is 41.3 Å². The first-order chi connectivity index (χ1) is 20.0. The molecule has 1 amide bonds. The minimum atomic E-state index is -0.408. The molecule has 0 unspecified atom stereocenters. The second-order valence-electron chi connectivity index (χ2n) is 9.90. The van der Waals surface area contributed by atoms with Crippen molar-refractivity contribution in [2.24, 2.45) is 5.73 Å². The lowest BCUT2D eigenvalue weighted by Crippen LogP contribution is -2.31. The van der Waals surface area contributed by atoms with E-state index in [4.69, 9.17) is 19.9 Å². The third-order valence-electron chi connectivity index (χ3n) is 6.98. The zero-order chi connectivity index (χ0) is 29.0. The highest BCUT2D eigenvalue weighted by Crippen LogP contribution is 2.29. The minimum Gasteiger partial charge on any atom is -0.497 e. The van der Waals surface area contributed by atoms with E-state index < -0.39 is 5.91 Å². The third-order valence-corrected chi connectivity index (χ3v) is 6.98. The summed E-state index contributed by atoms with van der Waals surface area (Å²) in [5, 5.41) is 0. The van der Waals surface area contributed by atoms with Crippen molar-refractivity contribution in [2.45, 2.75) is 25.3 Å². The lowest BCUT2D eigenvalue weighted by Gasteiger charge is -2.29. The maximum atomic E-state index is 15.0. The highest BCUT2D eigenvalue weighted by atomic mass is 19.1. The molecule has 2 N–H and O–H groups in total. The fraction of sp³-hybridized carbons (Fsp3) is 0.265. The number of hydrogen-bond donors (Lipinski definition) is 1. The number of rotatable bonds is 15. The normalized spacial score (nSPS) is 11.0. The summed E-state index contributed by atoms with van der Waals surface area (Å²) in [5.74, 6) is 1.04. The van der Waals surface area contributed by atoms with Crippen molar-refractivity contribution in [3.8, 4) is 17.2 Å². The first kappa shape index (κ1) is 29.6. The van der Waals surface area contributed by atoms with Crippen LogP contribution in [0.25, 0.3) is 0 Å². The molecule has 0 aliphatic heterocycles. The lowest BCUT2D eigenvalue weighted by molar-refractivity contribution is -0.117. The summed E-state index contributed by atoms with van der Waals surface area (Å²) < 4.78 is 31.7. The molecule has 6 nitrogen and oxygen atoms in total. The van der Waals surface area contributed by atoms with Gasteiger partial charge in [0, 0.05) is 37.2 Å². The first-order valence-corrected chi connectivity index (χ1v) is 13.7. The average Bonchev–Trinajstić information content (AvgIpc) is 2.99. The molecule has 0 saturated carbocycles. The van der Waals surface area contributed by atoms with Crippen LogP contribution in [0.5, 0.6) is 17.2 Å². The van der Waals surface area contributed by atoms with E-state index >= 15 is 4.39 Å². The van der Waals surface area contributed by atoms with Crippen LogP contribution in [-0.2, 0) is 17.8 Å². The molecule has 4 aromatic rings. The van der Waals surface area contributed by atoms with Crippen molar-refractivity contribution in [2.75, 3.05) is 33.9 Å². The van der Waals surface area contributed by atoms with Gasteiger partial charge in [-0.25, -0.2) is 4.39 Å². The highest BCUT2D eigenvalue weighted by molar-refractivity contribution is 5.76. The zero-order valence-corrected chi connectivity index (χ0v) is 23.6. The van der Waals surface area contributed by atoms with Crippen molar-refractivity contribution < 1.29 is 23.4 Å². The summed E-state index contributed by atoms with van der Waals surface area (Å²) in [7, 11) is 3.11. The summed E-state index contributed by atoms with van der Waals surface area (Å²) in [6.45, 7) is 2.21. The van der Waals surface area contributed by atoms with Gasteiger partial charge in [0.2, 0.25) is 5.91 Å². The van der Waals surface area contributed by atoms with Crippen molar-refractivity contribution in [3.05, 3.63) is 125 Å². The standard InChI is InChI=1S/C34H37FN2O4/c1-39-29-16-15-28(31(35)22-29)23-37(24-30(26-10-5-3-6-11-26)27-12-7-4-8-13-27)18-9-19-41-33-20-25(21-34(36)38)14-17-32(33)40-2/h3-8,10-17,20,22,30H,9,18-19,21,23-24H2,1-2H3,(H2,36,38). The number of ether oxygens (including phenoxy) is 3. The van der Waals surface area contributed by atoms with Crippen LogP contribution in [0.1, 0.15) is 34.6 Å². The molecule has 0 heterocycles. The fourth-order valence-electron chi connectivity index (χ4n) is 4.91. The quantitative estimate of drug-likeness (QED) is 0.183. The molecule has 214 valence electrons. The minimum absolute atomic E-state index is 0.102. The Kier molecular flexibility index (Phi) is 10.7. The topological polar surface area (TPSA) is 74.0 Å². The summed E-state index contributed by atoms with van der Waals surface area (Å²) >= 11 is 0. The van der Waals surface area contributed by atoms with E-state index in [9.17, 15) is 4.79 Å². The van der Waals surface area contributed by atoms with Gasteiger partial charge in [0.15, 0.2) is 11.5 Å². The average molecular weight is 557 g/mol. The molecule has 4 rings (SSSR count). The smallest absolute Gasteiger partial charge is 0.221 e. The van der Waals surface area contributed by atoms with Gasteiger partial charge in [-0.3, -0.25) is 9.69 Å². The highest BCUT2D eigenvalue weighted by Gasteiger charge is 2.20. The Balaban J connectivity index is 1.52. The van der Waals surface area contributed by atoms with Crippen LogP contribution in [0.15, 0.2) is 97.1 Å². The summed E-state index contributed by atoms with van der Waals surface area (Å²) in [4.78, 5) is 13.6. The number of benzene rings is 4. The number of carbonyl (C=O) groups excluding carboxylic acids is 1. The van der Waals surface area contributed by atoms with Gasteiger partial charge >= 0.3 is 0 Å². The Hall–Kier alpha value is -4.36. The predicted molar refractivity (Wildman–Crippen MR) is 159 cm³/mol. The molecule has 4 aromatic carbocycles. The molecule has 0 atom stereocenters. The van der Waals surface area contributed by atoms with Crippen LogP contribution in [0.4, 0.5) is 4.39 Å². The Morgan fingerprint density at radius 3 is 2.12 bits per heavy atom. The molecule has 41 heavy (non-hydrogen) atoms. The number of nitrogens with zero attached hydrogens (tertiary/aromatic N) is 1. The van der Waals surface area contributed by atoms with E-state index in [-0.39, 0.29) is 18.2 Å². The second-order valence-corrected chi connectivity index (χ2v) is 9.90. The first-order valence-electron chi connectivity index (χ1n) is 13.7. The largest absolute Gasteiger partial charge is 0.497 e. The van der Waals surface area contributed by atoms with Gasteiger partial charge in [-0.15, -0.1) is 0 Å². The Labute approximate surface area is 241 Å². The summed E-state index contributed by atoms with van der Waals surface area (Å²) in [6.07, 6.45) is 0.819. The Bertz CT molecular complexity index is 1360. The van der Waals surface area contributed by atoms with Gasteiger partial charge in [0.25, 0.3) is 0 Å². The van der Waals surface area contributed by atoms with E-state index in [1.165, 1.54) is 24.3 Å². The van der Waals surface area contributed by atoms with Crippen molar-refractivity contribution in [3.63, 3.8) is 0 Å². The number of methoxy groups -OCH3 is 2. The molecule has 0 saturated heterocycles. The maximum Gasteiger partial charge on any atom is 0.221 e. The predicted octanol–water partition coefficient (Wildman–Crippen LogP) is 5.97. The Morgan fingerprint density at radius 1 is 0.854 bits per heavy atom. The summed E-state index contributed by atoms with van der Waals surface area (Å²) in [6, 6.07) is 31.1. The monoisotopic (exact) mass is 556 g/mol. The van der Waals surface area contributed by atoms with Crippen LogP contribution in [0.2, 0.25) is 0 Å². The number of halogens is 1. The number of amides is 1. The van der Waals surface area contributed by atoms with Crippen LogP contribution >= 0.6 is 0 Å². The Morgan fingerprint density at radius 2 is 1.54 bits per heavy atom. The van der Waals surface area contributed by atoms with Gasteiger partial charge in [-0.2, -0.15) is 0 Å². The molecule has 0 aliphatic carbocycles. The van der Waals surface area contributed by atoms with Crippen LogP contribution in [-0.4, -0.2) is 44.7 Å². The van der Waals surface area contributed by atoms with Crippen molar-refractivity contribution >= 4 is 5.91 Å². The van der Waals surface area contributed by atoms with Gasteiger partial charge < -0.3 is 19.9 Å². The van der Waals surface area contributed by atoms with E-state index in [0.29, 0.717) is 55.5 Å². The van der Waals surface area contributed by atoms with Crippen LogP contribution < -0.4 is 19.9 Å². The molecule has 0 fully saturated rings. The fourth-order valence-corrected chi connectivity index (χ4v) is 4.91. The molecule has 0 spiro atoms. The van der Waals surface area contributed by atoms with Crippen LogP contribution in [0.3, 0.4) is 0 Å². The van der Waals surface area contributed by atoms with E-state index in [0.717, 1.165) is 5.56 Å². The molecular formula is C34H37FN2O4. The van der Waals surface area contributed by atoms with Gasteiger partial charge in [0.05, 0.1) is 27.2 Å². The van der Waals surface area contributed by atoms with E-state index in [1.54, 1.807) is 37.4 Å². The number of primary amides is 1. The molecule has 7 heteroatoms. The van der Waals surface area contributed by atoms with Gasteiger partial charge in [-0.1, -0.05) is 72.8 Å². The number of hydrogen-bond acceptors (Lipinski definition) is 5.